The molecule has 1 N–H and O–H groups in total. The number of halogens is 1. The van der Waals surface area contributed by atoms with Crippen LogP contribution in [0.4, 0.5) is 27.5 Å². The average molecular weight is 322 g/mol. The van der Waals surface area contributed by atoms with Gasteiger partial charge in [-0.1, -0.05) is 18.2 Å². The number of hydrogen-bond donors (Lipinski definition) is 1. The van der Waals surface area contributed by atoms with Crippen LogP contribution in [0.3, 0.4) is 0 Å². The van der Waals surface area contributed by atoms with Crippen molar-refractivity contribution in [3.63, 3.8) is 0 Å². The number of nitrogens with zero attached hydrogens (tertiary/aromatic N) is 3. The van der Waals surface area contributed by atoms with Crippen LogP contribution >= 0.6 is 0 Å². The number of aromatic nitrogens is 2. The van der Waals surface area contributed by atoms with Crippen molar-refractivity contribution in [3.8, 4) is 0 Å². The molecule has 3 aromatic rings. The summed E-state index contributed by atoms with van der Waals surface area (Å²) in [7, 11) is 0. The lowest BCUT2D eigenvalue weighted by atomic mass is 10.2. The van der Waals surface area contributed by atoms with Gasteiger partial charge in [-0.3, -0.25) is 0 Å². The van der Waals surface area contributed by atoms with E-state index in [0.29, 0.717) is 5.95 Å². The molecule has 1 aromatic heterocycles. The molecular formula is C19H19FN4. The highest BCUT2D eigenvalue weighted by Crippen LogP contribution is 2.25. The molecule has 3 rings (SSSR count). The van der Waals surface area contributed by atoms with Crippen molar-refractivity contribution in [1.29, 1.82) is 0 Å². The maximum absolute atomic E-state index is 13.0. The monoisotopic (exact) mass is 322 g/mol. The van der Waals surface area contributed by atoms with E-state index in [4.69, 9.17) is 0 Å². The molecule has 0 unspecified atom stereocenters. The molecule has 0 amide bonds. The van der Waals surface area contributed by atoms with Gasteiger partial charge in [-0.15, -0.1) is 0 Å². The van der Waals surface area contributed by atoms with Gasteiger partial charge in [0.25, 0.3) is 0 Å². The molecule has 2 aromatic carbocycles. The highest BCUT2D eigenvalue weighted by atomic mass is 19.1. The van der Waals surface area contributed by atoms with Crippen molar-refractivity contribution in [2.45, 2.75) is 13.8 Å². The standard InChI is InChI=1S/C19H19FN4/c1-3-24(17-7-5-4-6-8-17)18-13-14(2)21-19(23-18)22-16-11-9-15(20)10-12-16/h4-13H,3H2,1-2H3,(H,21,22,23). The number of hydrogen-bond acceptors (Lipinski definition) is 4. The van der Waals surface area contributed by atoms with Crippen LogP contribution in [0.15, 0.2) is 60.7 Å². The van der Waals surface area contributed by atoms with Crippen molar-refractivity contribution in [3.05, 3.63) is 72.2 Å². The third-order valence-electron chi connectivity index (χ3n) is 3.60. The molecule has 0 aliphatic heterocycles. The molecule has 5 heteroatoms. The normalized spacial score (nSPS) is 10.5. The van der Waals surface area contributed by atoms with Crippen LogP contribution in [0.1, 0.15) is 12.6 Å². The van der Waals surface area contributed by atoms with Gasteiger partial charge >= 0.3 is 0 Å². The fourth-order valence-electron chi connectivity index (χ4n) is 2.49. The van der Waals surface area contributed by atoms with Crippen LogP contribution in [0.2, 0.25) is 0 Å². The van der Waals surface area contributed by atoms with Crippen molar-refractivity contribution in [1.82, 2.24) is 9.97 Å². The molecule has 24 heavy (non-hydrogen) atoms. The Morgan fingerprint density at radius 2 is 1.71 bits per heavy atom. The largest absolute Gasteiger partial charge is 0.326 e. The van der Waals surface area contributed by atoms with Crippen molar-refractivity contribution < 1.29 is 4.39 Å². The van der Waals surface area contributed by atoms with E-state index >= 15 is 0 Å². The SMILES string of the molecule is CCN(c1ccccc1)c1cc(C)nc(Nc2ccc(F)cc2)n1. The number of anilines is 4. The Morgan fingerprint density at radius 1 is 1.00 bits per heavy atom. The molecule has 0 atom stereocenters. The first-order chi connectivity index (χ1) is 11.7. The average Bonchev–Trinajstić information content (AvgIpc) is 2.58. The first kappa shape index (κ1) is 15.9. The highest BCUT2D eigenvalue weighted by Gasteiger charge is 2.11. The molecule has 1 heterocycles. The Kier molecular flexibility index (Phi) is 4.70. The van der Waals surface area contributed by atoms with Gasteiger partial charge in [0.15, 0.2) is 0 Å². The van der Waals surface area contributed by atoms with Gasteiger partial charge in [0, 0.05) is 29.7 Å². The molecule has 122 valence electrons. The minimum absolute atomic E-state index is 0.271. The summed E-state index contributed by atoms with van der Waals surface area (Å²) < 4.78 is 13.0. The van der Waals surface area contributed by atoms with E-state index in [2.05, 4.69) is 27.1 Å². The number of benzene rings is 2. The predicted octanol–water partition coefficient (Wildman–Crippen LogP) is 4.83. The van der Waals surface area contributed by atoms with Gasteiger partial charge in [-0.25, -0.2) is 9.37 Å². The molecule has 4 nitrogen and oxygen atoms in total. The summed E-state index contributed by atoms with van der Waals surface area (Å²) >= 11 is 0. The molecular weight excluding hydrogens is 303 g/mol. The molecule has 0 spiro atoms. The quantitative estimate of drug-likeness (QED) is 0.731. The summed E-state index contributed by atoms with van der Waals surface area (Å²) in [4.78, 5) is 11.1. The number of nitrogens with one attached hydrogen (secondary N) is 1. The minimum atomic E-state index is -0.271. The van der Waals surface area contributed by atoms with E-state index < -0.39 is 0 Å². The van der Waals surface area contributed by atoms with Gasteiger partial charge in [0.2, 0.25) is 5.95 Å². The van der Waals surface area contributed by atoms with Crippen LogP contribution in [-0.2, 0) is 0 Å². The van der Waals surface area contributed by atoms with E-state index in [1.54, 1.807) is 12.1 Å². The van der Waals surface area contributed by atoms with Gasteiger partial charge in [0.05, 0.1) is 0 Å². The maximum atomic E-state index is 13.0. The zero-order valence-electron chi connectivity index (χ0n) is 13.7. The van der Waals surface area contributed by atoms with Gasteiger partial charge in [0.1, 0.15) is 11.6 Å². The van der Waals surface area contributed by atoms with E-state index in [1.165, 1.54) is 12.1 Å². The topological polar surface area (TPSA) is 41.1 Å². The van der Waals surface area contributed by atoms with E-state index in [9.17, 15) is 4.39 Å². The smallest absolute Gasteiger partial charge is 0.229 e. The van der Waals surface area contributed by atoms with Gasteiger partial charge in [-0.2, -0.15) is 4.98 Å². The third kappa shape index (κ3) is 3.68. The molecule has 0 saturated carbocycles. The summed E-state index contributed by atoms with van der Waals surface area (Å²) in [5, 5.41) is 3.13. The molecule has 0 radical (unpaired) electrons. The van der Waals surface area contributed by atoms with E-state index in [1.807, 2.05) is 43.3 Å². The second-order valence-electron chi connectivity index (χ2n) is 5.40. The Balaban J connectivity index is 1.92. The van der Waals surface area contributed by atoms with Crippen LogP contribution in [0.5, 0.6) is 0 Å². The highest BCUT2D eigenvalue weighted by molar-refractivity contribution is 5.62. The first-order valence-electron chi connectivity index (χ1n) is 7.86. The van der Waals surface area contributed by atoms with Crippen molar-refractivity contribution in [2.24, 2.45) is 0 Å². The van der Waals surface area contributed by atoms with Crippen molar-refractivity contribution in [2.75, 3.05) is 16.8 Å². The number of para-hydroxylation sites is 1. The fourth-order valence-corrected chi connectivity index (χ4v) is 2.49. The van der Waals surface area contributed by atoms with Gasteiger partial charge < -0.3 is 10.2 Å². The summed E-state index contributed by atoms with van der Waals surface area (Å²) in [5.74, 6) is 1.04. The number of aryl methyl sites for hydroxylation is 1. The summed E-state index contributed by atoms with van der Waals surface area (Å²) in [6, 6.07) is 18.2. The Labute approximate surface area is 141 Å². The first-order valence-corrected chi connectivity index (χ1v) is 7.86. The van der Waals surface area contributed by atoms with Crippen LogP contribution in [-0.4, -0.2) is 16.5 Å². The van der Waals surface area contributed by atoms with Crippen molar-refractivity contribution >= 4 is 23.1 Å². The zero-order chi connectivity index (χ0) is 16.9. The number of rotatable bonds is 5. The zero-order valence-corrected chi connectivity index (χ0v) is 13.7. The molecule has 0 aliphatic carbocycles. The predicted molar refractivity (Wildman–Crippen MR) is 95.6 cm³/mol. The van der Waals surface area contributed by atoms with E-state index in [0.717, 1.165) is 29.4 Å². The summed E-state index contributed by atoms with van der Waals surface area (Å²) in [6.45, 7) is 4.80. The summed E-state index contributed by atoms with van der Waals surface area (Å²) in [6.07, 6.45) is 0. The Bertz CT molecular complexity index is 803. The Morgan fingerprint density at radius 3 is 2.38 bits per heavy atom. The lowest BCUT2D eigenvalue weighted by Gasteiger charge is -2.23. The Hall–Kier alpha value is -2.95. The maximum Gasteiger partial charge on any atom is 0.229 e. The minimum Gasteiger partial charge on any atom is -0.326 e. The fraction of sp³-hybridized carbons (Fsp3) is 0.158. The van der Waals surface area contributed by atoms with Gasteiger partial charge in [-0.05, 0) is 50.2 Å². The van der Waals surface area contributed by atoms with E-state index in [-0.39, 0.29) is 5.82 Å². The molecule has 0 aliphatic rings. The second kappa shape index (κ2) is 7.08. The van der Waals surface area contributed by atoms with Crippen LogP contribution in [0.25, 0.3) is 0 Å². The molecule has 0 fully saturated rings. The lowest BCUT2D eigenvalue weighted by molar-refractivity contribution is 0.628. The summed E-state index contributed by atoms with van der Waals surface area (Å²) in [5.41, 5.74) is 2.68. The third-order valence-corrected chi connectivity index (χ3v) is 3.60. The molecule has 0 saturated heterocycles. The second-order valence-corrected chi connectivity index (χ2v) is 5.40. The van der Waals surface area contributed by atoms with Crippen LogP contribution < -0.4 is 10.2 Å². The van der Waals surface area contributed by atoms with Crippen LogP contribution in [0, 0.1) is 12.7 Å². The molecule has 0 bridgehead atoms. The lowest BCUT2D eigenvalue weighted by Crippen LogP contribution is -2.18.